The highest BCUT2D eigenvalue weighted by molar-refractivity contribution is 9.09. The summed E-state index contributed by atoms with van der Waals surface area (Å²) in [6, 6.07) is 5.44. The minimum atomic E-state index is -3.01. The van der Waals surface area contributed by atoms with Gasteiger partial charge in [-0.05, 0) is 36.6 Å². The summed E-state index contributed by atoms with van der Waals surface area (Å²) in [5.41, 5.74) is 2.56. The molecular weight excluding hydrogens is 278 g/mol. The zero-order valence-corrected chi connectivity index (χ0v) is 10.6. The number of alkyl halides is 1. The smallest absolute Gasteiger partial charge is 0.178 e. The molecule has 15 heavy (non-hydrogen) atoms. The van der Waals surface area contributed by atoms with Crippen molar-refractivity contribution < 1.29 is 8.42 Å². The van der Waals surface area contributed by atoms with Gasteiger partial charge in [-0.15, -0.1) is 0 Å². The number of halogens is 1. The van der Waals surface area contributed by atoms with E-state index in [1.165, 1.54) is 0 Å². The van der Waals surface area contributed by atoms with Crippen molar-refractivity contribution in [3.8, 4) is 0 Å². The van der Waals surface area contributed by atoms with Crippen molar-refractivity contribution in [3.05, 3.63) is 23.8 Å². The van der Waals surface area contributed by atoms with Crippen molar-refractivity contribution in [3.63, 3.8) is 0 Å². The second kappa shape index (κ2) is 4.14. The van der Waals surface area contributed by atoms with Crippen LogP contribution in [-0.4, -0.2) is 19.6 Å². The molecule has 5 heteroatoms. The summed E-state index contributed by atoms with van der Waals surface area (Å²) in [6.07, 6.45) is 1.58. The lowest BCUT2D eigenvalue weighted by Crippen LogP contribution is -2.16. The predicted molar refractivity (Wildman–Crippen MR) is 64.2 cm³/mol. The van der Waals surface area contributed by atoms with Crippen LogP contribution in [0.25, 0.3) is 0 Å². The number of anilines is 1. The van der Waals surface area contributed by atoms with Gasteiger partial charge in [0.15, 0.2) is 9.84 Å². The average molecular weight is 290 g/mol. The van der Waals surface area contributed by atoms with Crippen molar-refractivity contribution in [1.29, 1.82) is 0 Å². The van der Waals surface area contributed by atoms with Gasteiger partial charge in [-0.1, -0.05) is 15.9 Å². The summed E-state index contributed by atoms with van der Waals surface area (Å²) >= 11 is 3.28. The number of hydrogen-bond acceptors (Lipinski definition) is 3. The maximum atomic E-state index is 11.7. The third-order valence-corrected chi connectivity index (χ3v) is 4.70. The Morgan fingerprint density at radius 2 is 2.20 bits per heavy atom. The average Bonchev–Trinajstić information content (AvgIpc) is 2.17. The highest BCUT2D eigenvalue weighted by atomic mass is 79.9. The number of sulfone groups is 1. The number of nitrogens with one attached hydrogen (secondary N) is 1. The molecule has 0 spiro atoms. The van der Waals surface area contributed by atoms with Crippen LogP contribution in [0.15, 0.2) is 23.1 Å². The van der Waals surface area contributed by atoms with Crippen LogP contribution in [-0.2, 0) is 16.3 Å². The van der Waals surface area contributed by atoms with Crippen molar-refractivity contribution in [2.24, 2.45) is 0 Å². The monoisotopic (exact) mass is 289 g/mol. The van der Waals surface area contributed by atoms with E-state index in [-0.39, 0.29) is 5.75 Å². The predicted octanol–water partition coefficient (Wildman–Crippen LogP) is 2.17. The molecule has 0 fully saturated rings. The lowest BCUT2D eigenvalue weighted by Gasteiger charge is -2.17. The zero-order valence-electron chi connectivity index (χ0n) is 8.16. The fourth-order valence-corrected chi connectivity index (χ4v) is 3.73. The molecular formula is C10H12BrNO2S. The minimum Gasteiger partial charge on any atom is -0.375 e. The molecule has 1 aromatic carbocycles. The first-order valence-electron chi connectivity index (χ1n) is 4.79. The van der Waals surface area contributed by atoms with E-state index in [4.69, 9.17) is 0 Å². The fourth-order valence-electron chi connectivity index (χ4n) is 1.83. The number of fused-ring (bicyclic) bond motifs is 1. The first kappa shape index (κ1) is 11.0. The lowest BCUT2D eigenvalue weighted by atomic mass is 10.1. The molecule has 1 aromatic rings. The Balaban J connectivity index is 2.45. The van der Waals surface area contributed by atoms with Gasteiger partial charge in [0.25, 0.3) is 0 Å². The van der Waals surface area contributed by atoms with Crippen molar-refractivity contribution in [1.82, 2.24) is 0 Å². The van der Waals surface area contributed by atoms with Crippen molar-refractivity contribution in [2.45, 2.75) is 17.7 Å². The topological polar surface area (TPSA) is 46.2 Å². The third-order valence-electron chi connectivity index (χ3n) is 2.53. The Labute approximate surface area is 97.9 Å². The first-order chi connectivity index (χ1) is 7.13. The van der Waals surface area contributed by atoms with E-state index in [2.05, 4.69) is 21.2 Å². The molecule has 0 aromatic heterocycles. The summed E-state index contributed by atoms with van der Waals surface area (Å²) in [4.78, 5) is 0.508. The van der Waals surface area contributed by atoms with Crippen LogP contribution < -0.4 is 5.32 Å². The third kappa shape index (κ3) is 2.18. The van der Waals surface area contributed by atoms with Gasteiger partial charge < -0.3 is 5.32 Å². The molecule has 3 nitrogen and oxygen atoms in total. The highest BCUT2D eigenvalue weighted by Crippen LogP contribution is 2.27. The number of aryl methyl sites for hydroxylation is 1. The van der Waals surface area contributed by atoms with Crippen LogP contribution in [0, 0.1) is 0 Å². The van der Waals surface area contributed by atoms with E-state index in [1.54, 1.807) is 6.07 Å². The molecule has 1 aliphatic heterocycles. The Morgan fingerprint density at radius 3 is 2.93 bits per heavy atom. The number of rotatable bonds is 2. The van der Waals surface area contributed by atoms with E-state index in [1.807, 2.05) is 12.1 Å². The number of benzene rings is 1. The Hall–Kier alpha value is -0.550. The van der Waals surface area contributed by atoms with Crippen LogP contribution in [0.1, 0.15) is 12.0 Å². The van der Waals surface area contributed by atoms with Crippen LogP contribution in [0.2, 0.25) is 0 Å². The largest absolute Gasteiger partial charge is 0.375 e. The summed E-state index contributed by atoms with van der Waals surface area (Å²) in [6.45, 7) is 0. The molecule has 0 bridgehead atoms. The molecule has 1 N–H and O–H groups in total. The number of hydrogen-bond donors (Lipinski definition) is 1. The van der Waals surface area contributed by atoms with E-state index in [9.17, 15) is 8.42 Å². The summed E-state index contributed by atoms with van der Waals surface area (Å²) in [5.74, 6) is 0.283. The summed E-state index contributed by atoms with van der Waals surface area (Å²) in [5, 5.41) is 3.11. The van der Waals surface area contributed by atoms with Gasteiger partial charge in [-0.2, -0.15) is 0 Å². The molecule has 2 rings (SSSR count). The Bertz CT molecular complexity index is 470. The minimum absolute atomic E-state index is 0.283. The summed E-state index contributed by atoms with van der Waals surface area (Å²) in [7, 11) is -3.01. The molecule has 0 saturated carbocycles. The van der Waals surface area contributed by atoms with E-state index in [0.717, 1.165) is 24.1 Å². The zero-order chi connectivity index (χ0) is 10.9. The molecule has 1 heterocycles. The van der Waals surface area contributed by atoms with Crippen LogP contribution in [0.5, 0.6) is 0 Å². The van der Waals surface area contributed by atoms with Crippen molar-refractivity contribution >= 4 is 31.5 Å². The van der Waals surface area contributed by atoms with Gasteiger partial charge >= 0.3 is 0 Å². The Kier molecular flexibility index (Phi) is 3.02. The van der Waals surface area contributed by atoms with E-state index >= 15 is 0 Å². The molecule has 0 saturated heterocycles. The Morgan fingerprint density at radius 1 is 1.40 bits per heavy atom. The molecule has 0 aliphatic carbocycles. The molecule has 82 valence electrons. The lowest BCUT2D eigenvalue weighted by molar-refractivity contribution is 0.586. The molecule has 0 radical (unpaired) electrons. The quantitative estimate of drug-likeness (QED) is 0.670. The first-order valence-corrected chi connectivity index (χ1v) is 7.56. The fraction of sp³-hybridized carbons (Fsp3) is 0.400. The SMILES string of the molecule is O=S1(=O)CCCc2cc(NCBr)ccc21. The van der Waals surface area contributed by atoms with E-state index in [0.29, 0.717) is 10.3 Å². The van der Waals surface area contributed by atoms with Gasteiger partial charge in [-0.3, -0.25) is 0 Å². The van der Waals surface area contributed by atoms with Crippen LogP contribution in [0.3, 0.4) is 0 Å². The maximum Gasteiger partial charge on any atom is 0.178 e. The molecule has 0 unspecified atom stereocenters. The normalized spacial score (nSPS) is 18.2. The second-order valence-corrected chi connectivity index (χ2v) is 6.19. The maximum absolute atomic E-state index is 11.7. The van der Waals surface area contributed by atoms with Crippen LogP contribution >= 0.6 is 15.9 Å². The highest BCUT2D eigenvalue weighted by Gasteiger charge is 2.23. The standard InChI is InChI=1S/C10H12BrNO2S/c11-7-12-9-3-4-10-8(6-9)2-1-5-15(10,13)14/h3-4,6,12H,1-2,5,7H2. The second-order valence-electron chi connectivity index (χ2n) is 3.56. The molecule has 0 atom stereocenters. The van der Waals surface area contributed by atoms with Crippen LogP contribution in [0.4, 0.5) is 5.69 Å². The summed E-state index contributed by atoms with van der Waals surface area (Å²) < 4.78 is 23.4. The van der Waals surface area contributed by atoms with Gasteiger partial charge in [0, 0.05) is 5.69 Å². The van der Waals surface area contributed by atoms with Gasteiger partial charge in [-0.25, -0.2) is 8.42 Å². The van der Waals surface area contributed by atoms with Gasteiger partial charge in [0.2, 0.25) is 0 Å². The molecule has 0 amide bonds. The van der Waals surface area contributed by atoms with Gasteiger partial charge in [0.05, 0.1) is 16.1 Å². The molecule has 1 aliphatic rings. The van der Waals surface area contributed by atoms with Crippen molar-refractivity contribution in [2.75, 3.05) is 16.5 Å². The van der Waals surface area contributed by atoms with E-state index < -0.39 is 9.84 Å². The van der Waals surface area contributed by atoms with Gasteiger partial charge in [0.1, 0.15) is 0 Å².